The van der Waals surface area contributed by atoms with E-state index < -0.39 is 0 Å². The molecule has 6 heteroatoms. The van der Waals surface area contributed by atoms with Gasteiger partial charge < -0.3 is 9.84 Å². The van der Waals surface area contributed by atoms with Gasteiger partial charge in [0.1, 0.15) is 0 Å². The molecule has 0 radical (unpaired) electrons. The molecule has 0 unspecified atom stereocenters. The standard InChI is InChI=1S/C17H24N4OS/c1-12-4-7-15(23-12)9-18-14-3-2-8-21(10-14)11-16-19-17(22-20-16)13-5-6-13/h4,7,13-14,18H,2-3,5-6,8-11H2,1H3/t14-/m1/s1. The van der Waals surface area contributed by atoms with Crippen LogP contribution < -0.4 is 5.32 Å². The van der Waals surface area contributed by atoms with Crippen molar-refractivity contribution in [1.82, 2.24) is 20.4 Å². The fourth-order valence-electron chi connectivity index (χ4n) is 3.22. The monoisotopic (exact) mass is 332 g/mol. The summed E-state index contributed by atoms with van der Waals surface area (Å²) in [5, 5.41) is 7.85. The van der Waals surface area contributed by atoms with Crippen LogP contribution in [0.3, 0.4) is 0 Å². The molecule has 4 rings (SSSR count). The van der Waals surface area contributed by atoms with Gasteiger partial charge in [0.2, 0.25) is 5.89 Å². The third kappa shape index (κ3) is 4.00. The van der Waals surface area contributed by atoms with Crippen molar-refractivity contribution in [2.24, 2.45) is 0 Å². The van der Waals surface area contributed by atoms with Gasteiger partial charge in [-0.3, -0.25) is 4.90 Å². The SMILES string of the molecule is Cc1ccc(CN[C@@H]2CCCN(Cc3noc(C4CC4)n3)C2)s1. The topological polar surface area (TPSA) is 54.2 Å². The first-order valence-corrected chi connectivity index (χ1v) is 9.41. The van der Waals surface area contributed by atoms with Crippen molar-refractivity contribution in [1.29, 1.82) is 0 Å². The molecule has 0 spiro atoms. The Morgan fingerprint density at radius 3 is 3.04 bits per heavy atom. The molecule has 2 aliphatic rings. The van der Waals surface area contributed by atoms with Gasteiger partial charge in [0.15, 0.2) is 5.82 Å². The number of aromatic nitrogens is 2. The van der Waals surface area contributed by atoms with Crippen LogP contribution in [0, 0.1) is 6.92 Å². The zero-order valence-electron chi connectivity index (χ0n) is 13.6. The maximum Gasteiger partial charge on any atom is 0.229 e. The van der Waals surface area contributed by atoms with E-state index in [9.17, 15) is 0 Å². The lowest BCUT2D eigenvalue weighted by molar-refractivity contribution is 0.177. The van der Waals surface area contributed by atoms with Gasteiger partial charge in [-0.25, -0.2) is 0 Å². The number of nitrogens with zero attached hydrogens (tertiary/aromatic N) is 3. The van der Waals surface area contributed by atoms with Gasteiger partial charge in [0.25, 0.3) is 0 Å². The minimum Gasteiger partial charge on any atom is -0.339 e. The van der Waals surface area contributed by atoms with E-state index in [4.69, 9.17) is 4.52 Å². The van der Waals surface area contributed by atoms with Gasteiger partial charge in [-0.2, -0.15) is 4.98 Å². The molecule has 124 valence electrons. The molecule has 1 saturated carbocycles. The molecule has 2 aromatic rings. The first-order valence-electron chi connectivity index (χ1n) is 8.60. The van der Waals surface area contributed by atoms with Crippen LogP contribution in [-0.4, -0.2) is 34.2 Å². The van der Waals surface area contributed by atoms with Crippen molar-refractivity contribution in [2.75, 3.05) is 13.1 Å². The predicted octanol–water partition coefficient (Wildman–Crippen LogP) is 3.07. The average molecular weight is 332 g/mol. The van der Waals surface area contributed by atoms with E-state index in [1.54, 1.807) is 0 Å². The normalized spacial score (nSPS) is 22.6. The number of rotatable bonds is 6. The second-order valence-corrected chi connectivity index (χ2v) is 8.16. The second kappa shape index (κ2) is 6.71. The first-order chi connectivity index (χ1) is 11.3. The van der Waals surface area contributed by atoms with E-state index in [0.29, 0.717) is 12.0 Å². The molecule has 1 aliphatic heterocycles. The highest BCUT2D eigenvalue weighted by molar-refractivity contribution is 7.11. The second-order valence-electron chi connectivity index (χ2n) is 6.79. The Morgan fingerprint density at radius 2 is 2.26 bits per heavy atom. The van der Waals surface area contributed by atoms with Crippen LogP contribution in [0.4, 0.5) is 0 Å². The lowest BCUT2D eigenvalue weighted by Gasteiger charge is -2.32. The Labute approximate surface area is 141 Å². The van der Waals surface area contributed by atoms with Crippen LogP contribution in [0.2, 0.25) is 0 Å². The largest absolute Gasteiger partial charge is 0.339 e. The molecule has 5 nitrogen and oxygen atoms in total. The molecule has 2 fully saturated rings. The molecule has 1 aliphatic carbocycles. The van der Waals surface area contributed by atoms with Crippen molar-refractivity contribution in [3.05, 3.63) is 33.6 Å². The van der Waals surface area contributed by atoms with Gasteiger partial charge >= 0.3 is 0 Å². The van der Waals surface area contributed by atoms with E-state index in [2.05, 4.69) is 39.4 Å². The summed E-state index contributed by atoms with van der Waals surface area (Å²) in [6.07, 6.45) is 4.90. The summed E-state index contributed by atoms with van der Waals surface area (Å²) in [7, 11) is 0. The van der Waals surface area contributed by atoms with Gasteiger partial charge in [0.05, 0.1) is 6.54 Å². The predicted molar refractivity (Wildman–Crippen MR) is 90.5 cm³/mol. The maximum atomic E-state index is 5.36. The quantitative estimate of drug-likeness (QED) is 0.881. The molecule has 2 aromatic heterocycles. The number of hydrogen-bond acceptors (Lipinski definition) is 6. The van der Waals surface area contributed by atoms with Gasteiger partial charge in [-0.15, -0.1) is 11.3 Å². The molecule has 1 N–H and O–H groups in total. The minimum atomic E-state index is 0.543. The zero-order valence-corrected chi connectivity index (χ0v) is 14.4. The van der Waals surface area contributed by atoms with E-state index in [-0.39, 0.29) is 0 Å². The van der Waals surface area contributed by atoms with Crippen molar-refractivity contribution < 1.29 is 4.52 Å². The molecule has 23 heavy (non-hydrogen) atoms. The molecule has 1 saturated heterocycles. The van der Waals surface area contributed by atoms with Crippen molar-refractivity contribution in [2.45, 2.75) is 57.7 Å². The fraction of sp³-hybridized carbons (Fsp3) is 0.647. The summed E-state index contributed by atoms with van der Waals surface area (Å²) >= 11 is 1.88. The van der Waals surface area contributed by atoms with Crippen molar-refractivity contribution >= 4 is 11.3 Å². The first kappa shape index (κ1) is 15.3. The number of hydrogen-bond donors (Lipinski definition) is 1. The molecular weight excluding hydrogens is 308 g/mol. The summed E-state index contributed by atoms with van der Waals surface area (Å²) in [5.74, 6) is 2.24. The number of piperidine rings is 1. The Hall–Kier alpha value is -1.24. The Bertz CT molecular complexity index is 649. The van der Waals surface area contributed by atoms with E-state index in [1.807, 2.05) is 11.3 Å². The summed E-state index contributed by atoms with van der Waals surface area (Å²) in [4.78, 5) is 9.80. The van der Waals surface area contributed by atoms with Crippen LogP contribution in [-0.2, 0) is 13.1 Å². The molecule has 0 aromatic carbocycles. The molecule has 3 heterocycles. The highest BCUT2D eigenvalue weighted by Gasteiger charge is 2.30. The third-order valence-corrected chi connectivity index (χ3v) is 5.64. The summed E-state index contributed by atoms with van der Waals surface area (Å²) < 4.78 is 5.36. The van der Waals surface area contributed by atoms with Gasteiger partial charge in [-0.05, 0) is 51.3 Å². The fourth-order valence-corrected chi connectivity index (χ4v) is 4.06. The maximum absolute atomic E-state index is 5.36. The Balaban J connectivity index is 1.27. The molecular formula is C17H24N4OS. The van der Waals surface area contributed by atoms with Crippen LogP contribution in [0.15, 0.2) is 16.7 Å². The zero-order chi connectivity index (χ0) is 15.6. The summed E-state index contributed by atoms with van der Waals surface area (Å²) in [6, 6.07) is 4.98. The smallest absolute Gasteiger partial charge is 0.229 e. The van der Waals surface area contributed by atoms with Crippen LogP contribution >= 0.6 is 11.3 Å². The number of aryl methyl sites for hydroxylation is 1. The summed E-state index contributed by atoms with van der Waals surface area (Å²) in [5.41, 5.74) is 0. The highest BCUT2D eigenvalue weighted by Crippen LogP contribution is 2.38. The van der Waals surface area contributed by atoms with Crippen LogP contribution in [0.1, 0.15) is 53.1 Å². The lowest BCUT2D eigenvalue weighted by Crippen LogP contribution is -2.45. The number of thiophene rings is 1. The molecule has 0 amide bonds. The third-order valence-electron chi connectivity index (χ3n) is 4.64. The van der Waals surface area contributed by atoms with Gasteiger partial charge in [-0.1, -0.05) is 5.16 Å². The van der Waals surface area contributed by atoms with Gasteiger partial charge in [0, 0.05) is 34.8 Å². The van der Waals surface area contributed by atoms with Crippen LogP contribution in [0.25, 0.3) is 0 Å². The number of likely N-dealkylation sites (tertiary alicyclic amines) is 1. The lowest BCUT2D eigenvalue weighted by atomic mass is 10.1. The number of nitrogens with one attached hydrogen (secondary N) is 1. The Kier molecular flexibility index (Phi) is 4.46. The van der Waals surface area contributed by atoms with Crippen molar-refractivity contribution in [3.8, 4) is 0 Å². The van der Waals surface area contributed by atoms with E-state index in [0.717, 1.165) is 37.9 Å². The van der Waals surface area contributed by atoms with E-state index >= 15 is 0 Å². The summed E-state index contributed by atoms with van der Waals surface area (Å²) in [6.45, 7) is 6.15. The Morgan fingerprint density at radius 1 is 1.35 bits per heavy atom. The van der Waals surface area contributed by atoms with Crippen molar-refractivity contribution in [3.63, 3.8) is 0 Å². The highest BCUT2D eigenvalue weighted by atomic mass is 32.1. The van der Waals surface area contributed by atoms with E-state index in [1.165, 1.54) is 35.4 Å². The van der Waals surface area contributed by atoms with Crippen LogP contribution in [0.5, 0.6) is 0 Å². The average Bonchev–Trinajstić information content (AvgIpc) is 3.16. The molecule has 0 bridgehead atoms. The minimum absolute atomic E-state index is 0.543. The molecule has 1 atom stereocenters.